The minimum absolute atomic E-state index is 0.0756. The van der Waals surface area contributed by atoms with Crippen molar-refractivity contribution in [3.63, 3.8) is 0 Å². The molecule has 0 aliphatic rings. The standard InChI is InChI=1S/C16H20ClN3O/c1-11-16(17)14(20(3)19-11)10-15(21)13-7-5-4-6-12(13)8-9-18-2/h4-7,18H,8-10H2,1-3H3. The predicted octanol–water partition coefficient (Wildman–Crippen LogP) is 2.57. The van der Waals surface area contributed by atoms with Gasteiger partial charge in [0.05, 0.1) is 22.8 Å². The summed E-state index contributed by atoms with van der Waals surface area (Å²) in [5, 5.41) is 7.94. The van der Waals surface area contributed by atoms with E-state index in [2.05, 4.69) is 10.4 Å². The maximum Gasteiger partial charge on any atom is 0.169 e. The number of likely N-dealkylation sites (N-methyl/N-ethyl adjacent to an activating group) is 1. The third-order valence-corrected chi connectivity index (χ3v) is 4.04. The van der Waals surface area contributed by atoms with E-state index in [1.54, 1.807) is 4.68 Å². The van der Waals surface area contributed by atoms with Crippen LogP contribution in [0.5, 0.6) is 0 Å². The van der Waals surface area contributed by atoms with Crippen molar-refractivity contribution >= 4 is 17.4 Å². The Bertz CT molecular complexity index is 649. The highest BCUT2D eigenvalue weighted by molar-refractivity contribution is 6.32. The largest absolute Gasteiger partial charge is 0.319 e. The summed E-state index contributed by atoms with van der Waals surface area (Å²) >= 11 is 6.22. The highest BCUT2D eigenvalue weighted by Gasteiger charge is 2.17. The van der Waals surface area contributed by atoms with Crippen molar-refractivity contribution in [2.75, 3.05) is 13.6 Å². The lowest BCUT2D eigenvalue weighted by Gasteiger charge is -2.09. The summed E-state index contributed by atoms with van der Waals surface area (Å²) in [4.78, 5) is 12.6. The van der Waals surface area contributed by atoms with Gasteiger partial charge in [0.2, 0.25) is 0 Å². The molecule has 112 valence electrons. The van der Waals surface area contributed by atoms with E-state index in [-0.39, 0.29) is 12.2 Å². The third-order valence-electron chi connectivity index (χ3n) is 3.55. The number of benzene rings is 1. The smallest absolute Gasteiger partial charge is 0.169 e. The molecule has 0 fully saturated rings. The topological polar surface area (TPSA) is 46.9 Å². The summed E-state index contributed by atoms with van der Waals surface area (Å²) in [5.74, 6) is 0.0756. The molecule has 0 aliphatic heterocycles. The molecule has 0 radical (unpaired) electrons. The van der Waals surface area contributed by atoms with Gasteiger partial charge in [0, 0.05) is 12.6 Å². The van der Waals surface area contributed by atoms with Gasteiger partial charge in [-0.3, -0.25) is 9.48 Å². The molecule has 0 saturated carbocycles. The van der Waals surface area contributed by atoms with Crippen LogP contribution in [-0.2, 0) is 19.9 Å². The van der Waals surface area contributed by atoms with Gasteiger partial charge in [0.1, 0.15) is 0 Å². The number of ketones is 1. The highest BCUT2D eigenvalue weighted by Crippen LogP contribution is 2.22. The van der Waals surface area contributed by atoms with Gasteiger partial charge in [-0.15, -0.1) is 0 Å². The molecule has 1 heterocycles. The van der Waals surface area contributed by atoms with Crippen molar-refractivity contribution < 1.29 is 4.79 Å². The number of rotatable bonds is 6. The van der Waals surface area contributed by atoms with Crippen LogP contribution in [-0.4, -0.2) is 29.2 Å². The molecule has 2 aromatic rings. The van der Waals surface area contributed by atoms with Crippen LogP contribution in [0.2, 0.25) is 5.02 Å². The van der Waals surface area contributed by atoms with Gasteiger partial charge in [-0.25, -0.2) is 0 Å². The van der Waals surface area contributed by atoms with E-state index < -0.39 is 0 Å². The molecule has 0 unspecified atom stereocenters. The van der Waals surface area contributed by atoms with Gasteiger partial charge in [0.25, 0.3) is 0 Å². The van der Waals surface area contributed by atoms with E-state index in [1.165, 1.54) is 0 Å². The normalized spacial score (nSPS) is 10.9. The summed E-state index contributed by atoms with van der Waals surface area (Å²) in [6, 6.07) is 7.74. The van der Waals surface area contributed by atoms with Crippen LogP contribution in [0.15, 0.2) is 24.3 Å². The summed E-state index contributed by atoms with van der Waals surface area (Å²) in [6.07, 6.45) is 1.10. The number of nitrogens with zero attached hydrogens (tertiary/aromatic N) is 2. The Labute approximate surface area is 130 Å². The Balaban J connectivity index is 2.24. The highest BCUT2D eigenvalue weighted by atomic mass is 35.5. The fourth-order valence-corrected chi connectivity index (χ4v) is 2.62. The molecular weight excluding hydrogens is 286 g/mol. The second kappa shape index (κ2) is 6.87. The molecule has 5 heteroatoms. The number of halogens is 1. The summed E-state index contributed by atoms with van der Waals surface area (Å²) in [5.41, 5.74) is 3.35. The number of Topliss-reactive ketones (excluding diaryl/α,β-unsaturated/α-hetero) is 1. The van der Waals surface area contributed by atoms with Crippen molar-refractivity contribution in [3.8, 4) is 0 Å². The van der Waals surface area contributed by atoms with Crippen LogP contribution >= 0.6 is 11.6 Å². The number of aryl methyl sites for hydroxylation is 2. The molecule has 0 saturated heterocycles. The first-order chi connectivity index (χ1) is 10.0. The monoisotopic (exact) mass is 305 g/mol. The van der Waals surface area contributed by atoms with Crippen molar-refractivity contribution in [1.82, 2.24) is 15.1 Å². The Morgan fingerprint density at radius 2 is 2.10 bits per heavy atom. The maximum absolute atomic E-state index is 12.6. The van der Waals surface area contributed by atoms with E-state index in [1.807, 2.05) is 45.3 Å². The van der Waals surface area contributed by atoms with Crippen LogP contribution in [0.4, 0.5) is 0 Å². The first-order valence-electron chi connectivity index (χ1n) is 6.98. The zero-order valence-corrected chi connectivity index (χ0v) is 13.4. The second-order valence-electron chi connectivity index (χ2n) is 5.08. The average molecular weight is 306 g/mol. The lowest BCUT2D eigenvalue weighted by molar-refractivity contribution is 0.0990. The van der Waals surface area contributed by atoms with Crippen molar-refractivity contribution in [2.45, 2.75) is 19.8 Å². The molecule has 0 atom stereocenters. The second-order valence-corrected chi connectivity index (χ2v) is 5.46. The molecule has 1 aromatic carbocycles. The molecule has 1 N–H and O–H groups in total. The molecule has 0 spiro atoms. The number of hydrogen-bond acceptors (Lipinski definition) is 3. The quantitative estimate of drug-likeness (QED) is 0.834. The number of aromatic nitrogens is 2. The number of carbonyl (C=O) groups is 1. The molecule has 4 nitrogen and oxygen atoms in total. The molecule has 21 heavy (non-hydrogen) atoms. The zero-order valence-electron chi connectivity index (χ0n) is 12.6. The van der Waals surface area contributed by atoms with Crippen LogP contribution < -0.4 is 5.32 Å². The van der Waals surface area contributed by atoms with E-state index >= 15 is 0 Å². The van der Waals surface area contributed by atoms with E-state index in [9.17, 15) is 4.79 Å². The van der Waals surface area contributed by atoms with Gasteiger partial charge in [-0.1, -0.05) is 35.9 Å². The minimum Gasteiger partial charge on any atom is -0.319 e. The summed E-state index contributed by atoms with van der Waals surface area (Å²) in [7, 11) is 3.72. The Hall–Kier alpha value is -1.65. The Morgan fingerprint density at radius 1 is 1.38 bits per heavy atom. The number of nitrogens with one attached hydrogen (secondary N) is 1. The van der Waals surface area contributed by atoms with Crippen molar-refractivity contribution in [2.24, 2.45) is 7.05 Å². The van der Waals surface area contributed by atoms with E-state index in [4.69, 9.17) is 11.6 Å². The van der Waals surface area contributed by atoms with Gasteiger partial charge < -0.3 is 5.32 Å². The third kappa shape index (κ3) is 3.52. The SMILES string of the molecule is CNCCc1ccccc1C(=O)Cc1c(Cl)c(C)nn1C. The van der Waals surface area contributed by atoms with Gasteiger partial charge >= 0.3 is 0 Å². The molecule has 0 aliphatic carbocycles. The van der Waals surface area contributed by atoms with E-state index in [0.29, 0.717) is 5.02 Å². The van der Waals surface area contributed by atoms with Gasteiger partial charge in [-0.2, -0.15) is 5.10 Å². The van der Waals surface area contributed by atoms with Crippen LogP contribution in [0.1, 0.15) is 27.3 Å². The lowest BCUT2D eigenvalue weighted by atomic mass is 9.98. The summed E-state index contributed by atoms with van der Waals surface area (Å²) < 4.78 is 1.69. The fraction of sp³-hybridized carbons (Fsp3) is 0.375. The maximum atomic E-state index is 12.6. The van der Waals surface area contributed by atoms with E-state index in [0.717, 1.165) is 35.5 Å². The molecule has 2 rings (SSSR count). The first-order valence-corrected chi connectivity index (χ1v) is 7.36. The fourth-order valence-electron chi connectivity index (χ4n) is 2.39. The molecule has 1 aromatic heterocycles. The van der Waals surface area contributed by atoms with Crippen LogP contribution in [0.25, 0.3) is 0 Å². The average Bonchev–Trinajstić information content (AvgIpc) is 2.72. The minimum atomic E-state index is 0.0756. The van der Waals surface area contributed by atoms with Gasteiger partial charge in [-0.05, 0) is 32.5 Å². The predicted molar refractivity (Wildman–Crippen MR) is 85.1 cm³/mol. The van der Waals surface area contributed by atoms with Crippen LogP contribution in [0, 0.1) is 6.92 Å². The molecular formula is C16H20ClN3O. The summed E-state index contributed by atoms with van der Waals surface area (Å²) in [6.45, 7) is 2.69. The molecule has 0 bridgehead atoms. The van der Waals surface area contributed by atoms with Crippen LogP contribution in [0.3, 0.4) is 0 Å². The number of hydrogen-bond donors (Lipinski definition) is 1. The Morgan fingerprint density at radius 3 is 2.71 bits per heavy atom. The van der Waals surface area contributed by atoms with Gasteiger partial charge in [0.15, 0.2) is 5.78 Å². The first kappa shape index (κ1) is 15.7. The number of carbonyl (C=O) groups excluding carboxylic acids is 1. The molecule has 0 amide bonds. The lowest BCUT2D eigenvalue weighted by Crippen LogP contribution is -2.15. The zero-order chi connectivity index (χ0) is 15.4. The van der Waals surface area contributed by atoms with Crippen molar-refractivity contribution in [3.05, 3.63) is 51.8 Å². The van der Waals surface area contributed by atoms with Crippen molar-refractivity contribution in [1.29, 1.82) is 0 Å². The Kier molecular flexibility index (Phi) is 5.15.